The molecule has 0 bridgehead atoms. The van der Waals surface area contributed by atoms with E-state index in [0.717, 1.165) is 29.7 Å². The van der Waals surface area contributed by atoms with Crippen LogP contribution in [0.5, 0.6) is 0 Å². The number of aliphatic hydroxyl groups excluding tert-OH is 1. The van der Waals surface area contributed by atoms with E-state index >= 15 is 4.39 Å². The van der Waals surface area contributed by atoms with Gasteiger partial charge in [-0.15, -0.1) is 6.58 Å². The summed E-state index contributed by atoms with van der Waals surface area (Å²) in [5, 5.41) is 16.4. The van der Waals surface area contributed by atoms with E-state index in [0.29, 0.717) is 32.4 Å². The maximum absolute atomic E-state index is 17.9. The molecule has 0 amide bonds. The Bertz CT molecular complexity index is 1140. The lowest BCUT2D eigenvalue weighted by Crippen LogP contribution is -2.72. The molecule has 2 aliphatic heterocycles. The van der Waals surface area contributed by atoms with Crippen molar-refractivity contribution in [3.05, 3.63) is 35.7 Å². The molecule has 3 saturated carbocycles. The lowest BCUT2D eigenvalue weighted by molar-refractivity contribution is -0.279. The molecule has 3 heterocycles. The molecule has 2 saturated heterocycles. The Kier molecular flexibility index (Phi) is 4.76. The van der Waals surface area contributed by atoms with Gasteiger partial charge in [0, 0.05) is 16.7 Å². The third-order valence-corrected chi connectivity index (χ3v) is 11.3. The van der Waals surface area contributed by atoms with Crippen LogP contribution in [0.4, 0.5) is 4.39 Å². The number of alkyl halides is 1. The molecule has 0 radical (unpaired) electrons. The van der Waals surface area contributed by atoms with Crippen LogP contribution in [-0.2, 0) is 31.9 Å². The lowest BCUT2D eigenvalue weighted by Gasteiger charge is -2.64. The van der Waals surface area contributed by atoms with Gasteiger partial charge in [0.15, 0.2) is 13.6 Å². The van der Waals surface area contributed by atoms with Gasteiger partial charge in [-0.3, -0.25) is 4.68 Å². The van der Waals surface area contributed by atoms with Crippen molar-refractivity contribution in [1.29, 1.82) is 0 Å². The van der Waals surface area contributed by atoms with Crippen LogP contribution in [0.25, 0.3) is 6.08 Å². The molecule has 9 atom stereocenters. The van der Waals surface area contributed by atoms with Gasteiger partial charge in [0.1, 0.15) is 17.9 Å². The van der Waals surface area contributed by atoms with Crippen LogP contribution < -0.4 is 0 Å². The largest absolute Gasteiger partial charge is 0.390 e. The molecule has 36 heavy (non-hydrogen) atoms. The second-order valence-corrected chi connectivity index (χ2v) is 12.5. The van der Waals surface area contributed by atoms with E-state index in [1.165, 1.54) is 0 Å². The van der Waals surface area contributed by atoms with E-state index < -0.39 is 34.0 Å². The third kappa shape index (κ3) is 2.40. The van der Waals surface area contributed by atoms with Crippen molar-refractivity contribution < 1.29 is 28.4 Å². The van der Waals surface area contributed by atoms with Gasteiger partial charge < -0.3 is 24.1 Å². The van der Waals surface area contributed by atoms with Crippen LogP contribution in [0.3, 0.4) is 0 Å². The molecule has 6 aliphatic rings. The topological polar surface area (TPSA) is 75.0 Å². The molecule has 8 heteroatoms. The van der Waals surface area contributed by atoms with Crippen LogP contribution in [0.2, 0.25) is 0 Å². The number of nitrogens with zero attached hydrogens (tertiary/aromatic N) is 2. The van der Waals surface area contributed by atoms with Crippen molar-refractivity contribution in [2.75, 3.05) is 20.2 Å². The van der Waals surface area contributed by atoms with E-state index in [-0.39, 0.29) is 31.3 Å². The Labute approximate surface area is 211 Å². The van der Waals surface area contributed by atoms with E-state index in [9.17, 15) is 5.11 Å². The predicted octanol–water partition coefficient (Wildman–Crippen LogP) is 4.00. The highest BCUT2D eigenvalue weighted by molar-refractivity contribution is 5.60. The van der Waals surface area contributed by atoms with E-state index in [2.05, 4.69) is 31.6 Å². The van der Waals surface area contributed by atoms with Crippen LogP contribution in [0.1, 0.15) is 57.7 Å². The highest BCUT2D eigenvalue weighted by Gasteiger charge is 2.81. The van der Waals surface area contributed by atoms with Gasteiger partial charge in [-0.1, -0.05) is 32.4 Å². The van der Waals surface area contributed by atoms with Crippen LogP contribution >= 0.6 is 0 Å². The highest BCUT2D eigenvalue weighted by Crippen LogP contribution is 2.74. The van der Waals surface area contributed by atoms with Crippen molar-refractivity contribution >= 4 is 6.08 Å². The molecular formula is C28H37FN2O5. The molecule has 1 aromatic rings. The van der Waals surface area contributed by atoms with Gasteiger partial charge in [-0.2, -0.15) is 5.10 Å². The highest BCUT2D eigenvalue weighted by atomic mass is 19.1. The maximum atomic E-state index is 17.9. The molecule has 196 valence electrons. The fourth-order valence-electron chi connectivity index (χ4n) is 9.90. The Hall–Kier alpha value is -1.58. The average molecular weight is 501 g/mol. The smallest absolute Gasteiger partial charge is 0.227 e. The normalized spacial score (nSPS) is 51.1. The van der Waals surface area contributed by atoms with Gasteiger partial charge in [-0.25, -0.2) is 4.39 Å². The Morgan fingerprint density at radius 2 is 2.06 bits per heavy atom. The predicted molar refractivity (Wildman–Crippen MR) is 129 cm³/mol. The SMILES string of the molecule is C=CCn1ncc2c1C=C1CC[C@H]3[C@@H]4C[C@H](C)[C@@]5(OCOC56COCO6)[C@@]4(C)C[C@H](O)[C@]3(F)[C@@]1(C)C2. The van der Waals surface area contributed by atoms with Crippen molar-refractivity contribution in [3.63, 3.8) is 0 Å². The Morgan fingerprint density at radius 1 is 1.25 bits per heavy atom. The number of aromatic nitrogens is 2. The number of ether oxygens (including phenoxy) is 4. The average Bonchev–Trinajstić information content (AvgIpc) is 3.60. The molecule has 1 unspecified atom stereocenters. The zero-order valence-electron chi connectivity index (χ0n) is 21.5. The number of allylic oxidation sites excluding steroid dienone is 2. The van der Waals surface area contributed by atoms with Gasteiger partial charge in [-0.05, 0) is 55.6 Å². The van der Waals surface area contributed by atoms with Crippen LogP contribution in [0, 0.1) is 28.6 Å². The second kappa shape index (κ2) is 7.29. The summed E-state index contributed by atoms with van der Waals surface area (Å²) in [5.41, 5.74) is -0.653. The van der Waals surface area contributed by atoms with Crippen LogP contribution in [0.15, 0.2) is 24.4 Å². The van der Waals surface area contributed by atoms with Crippen molar-refractivity contribution in [1.82, 2.24) is 9.78 Å². The minimum atomic E-state index is -1.75. The number of rotatable bonds is 2. The van der Waals surface area contributed by atoms with Gasteiger partial charge >= 0.3 is 0 Å². The minimum absolute atomic E-state index is 0.0342. The summed E-state index contributed by atoms with van der Waals surface area (Å²) < 4.78 is 44.2. The molecule has 7 nitrogen and oxygen atoms in total. The summed E-state index contributed by atoms with van der Waals surface area (Å²) in [6.45, 7) is 11.4. The van der Waals surface area contributed by atoms with E-state index in [4.69, 9.17) is 18.9 Å². The Balaban J connectivity index is 1.32. The molecular weight excluding hydrogens is 463 g/mol. The van der Waals surface area contributed by atoms with Gasteiger partial charge in [0.2, 0.25) is 5.79 Å². The summed E-state index contributed by atoms with van der Waals surface area (Å²) in [4.78, 5) is 0. The third-order valence-electron chi connectivity index (χ3n) is 11.3. The van der Waals surface area contributed by atoms with Crippen molar-refractivity contribution in [2.45, 2.75) is 82.6 Å². The minimum Gasteiger partial charge on any atom is -0.390 e. The number of aliphatic hydroxyl groups is 1. The quantitative estimate of drug-likeness (QED) is 0.619. The summed E-state index contributed by atoms with van der Waals surface area (Å²) in [5.74, 6) is -1.18. The lowest BCUT2D eigenvalue weighted by atomic mass is 9.43. The van der Waals surface area contributed by atoms with E-state index in [1.54, 1.807) is 0 Å². The van der Waals surface area contributed by atoms with Gasteiger partial charge in [0.05, 0.1) is 24.5 Å². The molecule has 5 fully saturated rings. The summed E-state index contributed by atoms with van der Waals surface area (Å²) in [6, 6.07) is 0. The zero-order valence-corrected chi connectivity index (χ0v) is 21.5. The molecule has 4 aliphatic carbocycles. The Morgan fingerprint density at radius 3 is 2.81 bits per heavy atom. The van der Waals surface area contributed by atoms with E-state index in [1.807, 2.05) is 23.9 Å². The summed E-state index contributed by atoms with van der Waals surface area (Å²) in [6.07, 6.45) is 7.87. The molecule has 1 N–H and O–H groups in total. The summed E-state index contributed by atoms with van der Waals surface area (Å²) in [7, 11) is 0. The fourth-order valence-corrected chi connectivity index (χ4v) is 9.90. The standard InChI is InChI=1S/C28H37FN2O5/c1-5-8-31-22-10-19-6-7-20-21-9-17(2)28(26(35-16-36-28)14-33-15-34-26)25(21,4)12-23(32)27(20,29)24(19,3)11-18(22)13-30-31/h5,10,13,17,20-21,23,32H,1,6-9,11-12,14-16H2,2-4H3/t17-,20-,21-,23-,24-,25-,26?,27-,28+/m0/s1. The van der Waals surface area contributed by atoms with Crippen molar-refractivity contribution in [2.24, 2.45) is 28.6 Å². The van der Waals surface area contributed by atoms with Gasteiger partial charge in [0.25, 0.3) is 0 Å². The first kappa shape index (κ1) is 23.5. The summed E-state index contributed by atoms with van der Waals surface area (Å²) >= 11 is 0. The first-order valence-electron chi connectivity index (χ1n) is 13.4. The number of hydrogen-bond acceptors (Lipinski definition) is 6. The monoisotopic (exact) mass is 500 g/mol. The second-order valence-electron chi connectivity index (χ2n) is 12.5. The van der Waals surface area contributed by atoms with Crippen LogP contribution in [-0.4, -0.2) is 58.2 Å². The van der Waals surface area contributed by atoms with Crippen molar-refractivity contribution in [3.8, 4) is 0 Å². The fraction of sp³-hybridized carbons (Fsp3) is 0.750. The zero-order chi connectivity index (χ0) is 25.1. The number of halogens is 1. The first-order valence-corrected chi connectivity index (χ1v) is 13.4. The first-order chi connectivity index (χ1) is 17.2. The molecule has 1 aromatic heterocycles. The number of fused-ring (bicyclic) bond motifs is 8. The molecule has 0 aromatic carbocycles. The molecule has 2 spiro atoms. The number of hydrogen-bond donors (Lipinski definition) is 1. The maximum Gasteiger partial charge on any atom is 0.227 e. The molecule has 7 rings (SSSR count).